The van der Waals surface area contributed by atoms with Crippen molar-refractivity contribution < 1.29 is 4.79 Å². The molecule has 4 aromatic heterocycles. The van der Waals surface area contributed by atoms with Crippen LogP contribution in [0.25, 0.3) is 11.6 Å². The van der Waals surface area contributed by atoms with Crippen molar-refractivity contribution in [1.29, 1.82) is 0 Å². The third-order valence-corrected chi connectivity index (χ3v) is 4.80. The van der Waals surface area contributed by atoms with Crippen LogP contribution in [0.3, 0.4) is 0 Å². The molecular formula is C17H16N10O. The molecule has 11 heteroatoms. The van der Waals surface area contributed by atoms with Crippen LogP contribution in [-0.4, -0.2) is 51.1 Å². The van der Waals surface area contributed by atoms with Crippen LogP contribution in [0.2, 0.25) is 0 Å². The molecule has 1 aliphatic carbocycles. The Kier molecular flexibility index (Phi) is 3.89. The Morgan fingerprint density at radius 1 is 1.29 bits per heavy atom. The SMILES string of the molecule is O=C(N[C@@H]1CCCc2c1cnn2-c1ccccn1)c1cn[nH]c1-n1cnnn1. The molecule has 4 heterocycles. The third-order valence-electron chi connectivity index (χ3n) is 4.80. The molecule has 0 saturated carbocycles. The number of hydrogen-bond donors (Lipinski definition) is 2. The van der Waals surface area contributed by atoms with Crippen LogP contribution < -0.4 is 5.32 Å². The van der Waals surface area contributed by atoms with Crippen molar-refractivity contribution in [3.63, 3.8) is 0 Å². The minimum atomic E-state index is -0.248. The normalized spacial score (nSPS) is 15.9. The number of amides is 1. The summed E-state index contributed by atoms with van der Waals surface area (Å²) >= 11 is 0. The van der Waals surface area contributed by atoms with Crippen LogP contribution in [0, 0.1) is 0 Å². The Balaban J connectivity index is 1.42. The van der Waals surface area contributed by atoms with Gasteiger partial charge in [0, 0.05) is 11.8 Å². The molecule has 28 heavy (non-hydrogen) atoms. The lowest BCUT2D eigenvalue weighted by Crippen LogP contribution is -2.31. The molecule has 0 fully saturated rings. The molecule has 0 aromatic carbocycles. The molecule has 2 N–H and O–H groups in total. The van der Waals surface area contributed by atoms with Gasteiger partial charge in [0.1, 0.15) is 11.9 Å². The fraction of sp³-hybridized carbons (Fsp3) is 0.235. The zero-order valence-electron chi connectivity index (χ0n) is 14.7. The first-order valence-corrected chi connectivity index (χ1v) is 8.87. The summed E-state index contributed by atoms with van der Waals surface area (Å²) in [5, 5.41) is 25.3. The van der Waals surface area contributed by atoms with Crippen molar-refractivity contribution in [3.05, 3.63) is 59.9 Å². The summed E-state index contributed by atoms with van der Waals surface area (Å²) in [6, 6.07) is 5.58. The number of hydrogen-bond acceptors (Lipinski definition) is 7. The molecule has 1 aliphatic rings. The van der Waals surface area contributed by atoms with E-state index in [9.17, 15) is 4.79 Å². The fourth-order valence-electron chi connectivity index (χ4n) is 3.50. The van der Waals surface area contributed by atoms with E-state index in [1.54, 1.807) is 6.20 Å². The standard InChI is InChI=1S/C17H16N10O/c28-17(12-8-19-23-16(12)26-10-20-24-25-26)22-13-4-3-5-14-11(13)9-21-27(14)15-6-1-2-7-18-15/h1-2,6-10,13H,3-5H2,(H,19,23)(H,22,28)/t13-/m1/s1. The quantitative estimate of drug-likeness (QED) is 0.538. The number of carbonyl (C=O) groups is 1. The molecule has 5 rings (SSSR count). The summed E-state index contributed by atoms with van der Waals surface area (Å²) in [5.41, 5.74) is 2.46. The number of carbonyl (C=O) groups excluding carboxylic acids is 1. The van der Waals surface area contributed by atoms with E-state index in [1.807, 2.05) is 29.1 Å². The molecule has 0 saturated heterocycles. The van der Waals surface area contributed by atoms with Gasteiger partial charge in [0.15, 0.2) is 11.6 Å². The van der Waals surface area contributed by atoms with Gasteiger partial charge in [0.05, 0.1) is 24.1 Å². The predicted molar refractivity (Wildman–Crippen MR) is 95.8 cm³/mol. The smallest absolute Gasteiger partial charge is 0.257 e. The van der Waals surface area contributed by atoms with E-state index >= 15 is 0 Å². The first kappa shape index (κ1) is 16.3. The second-order valence-corrected chi connectivity index (χ2v) is 6.45. The van der Waals surface area contributed by atoms with E-state index in [0.29, 0.717) is 11.4 Å². The molecule has 4 aromatic rings. The molecule has 11 nitrogen and oxygen atoms in total. The number of rotatable bonds is 4. The average molecular weight is 376 g/mol. The van der Waals surface area contributed by atoms with Crippen LogP contribution in [0.4, 0.5) is 0 Å². The van der Waals surface area contributed by atoms with Crippen molar-refractivity contribution in [2.45, 2.75) is 25.3 Å². The molecular weight excluding hydrogens is 360 g/mol. The fourth-order valence-corrected chi connectivity index (χ4v) is 3.50. The zero-order valence-corrected chi connectivity index (χ0v) is 14.7. The number of tetrazole rings is 1. The largest absolute Gasteiger partial charge is 0.345 e. The Morgan fingerprint density at radius 3 is 3.07 bits per heavy atom. The number of nitrogens with one attached hydrogen (secondary N) is 2. The predicted octanol–water partition coefficient (Wildman–Crippen LogP) is 0.773. The van der Waals surface area contributed by atoms with Gasteiger partial charge in [0.25, 0.3) is 5.91 Å². The molecule has 1 amide bonds. The Morgan fingerprint density at radius 2 is 2.25 bits per heavy atom. The maximum atomic E-state index is 12.9. The van der Waals surface area contributed by atoms with Crippen LogP contribution in [-0.2, 0) is 6.42 Å². The molecule has 0 spiro atoms. The highest BCUT2D eigenvalue weighted by molar-refractivity contribution is 5.97. The van der Waals surface area contributed by atoms with E-state index < -0.39 is 0 Å². The summed E-state index contributed by atoms with van der Waals surface area (Å²) in [5.74, 6) is 0.942. The molecule has 0 radical (unpaired) electrons. The Hall–Kier alpha value is -3.89. The van der Waals surface area contributed by atoms with Crippen LogP contribution in [0.5, 0.6) is 0 Å². The van der Waals surface area contributed by atoms with E-state index in [2.05, 4.69) is 41.1 Å². The second-order valence-electron chi connectivity index (χ2n) is 6.45. The lowest BCUT2D eigenvalue weighted by molar-refractivity contribution is 0.0932. The van der Waals surface area contributed by atoms with Gasteiger partial charge in [-0.1, -0.05) is 6.07 Å². The summed E-state index contributed by atoms with van der Waals surface area (Å²) in [6.45, 7) is 0. The number of aromatic nitrogens is 9. The van der Waals surface area contributed by atoms with E-state index in [0.717, 1.165) is 36.3 Å². The van der Waals surface area contributed by atoms with Crippen molar-refractivity contribution in [2.24, 2.45) is 0 Å². The monoisotopic (exact) mass is 376 g/mol. The topological polar surface area (TPSA) is 132 Å². The number of fused-ring (bicyclic) bond motifs is 1. The van der Waals surface area contributed by atoms with Gasteiger partial charge < -0.3 is 5.32 Å². The minimum Gasteiger partial charge on any atom is -0.345 e. The van der Waals surface area contributed by atoms with E-state index in [4.69, 9.17) is 0 Å². The Labute approximate surface area is 158 Å². The molecule has 0 aliphatic heterocycles. The molecule has 140 valence electrons. The summed E-state index contributed by atoms with van der Waals surface area (Å²) in [6.07, 6.45) is 9.09. The number of nitrogens with zero attached hydrogens (tertiary/aromatic N) is 8. The van der Waals surface area contributed by atoms with Crippen molar-refractivity contribution >= 4 is 5.91 Å². The highest BCUT2D eigenvalue weighted by Gasteiger charge is 2.28. The average Bonchev–Trinajstić information content (AvgIpc) is 3.48. The van der Waals surface area contributed by atoms with E-state index in [1.165, 1.54) is 17.2 Å². The Bertz CT molecular complexity index is 1100. The van der Waals surface area contributed by atoms with Crippen molar-refractivity contribution in [2.75, 3.05) is 0 Å². The van der Waals surface area contributed by atoms with Gasteiger partial charge in [0.2, 0.25) is 0 Å². The molecule has 0 unspecified atom stereocenters. The maximum absolute atomic E-state index is 12.9. The minimum absolute atomic E-state index is 0.134. The summed E-state index contributed by atoms with van der Waals surface area (Å²) in [7, 11) is 0. The van der Waals surface area contributed by atoms with Crippen molar-refractivity contribution in [1.82, 2.24) is 50.5 Å². The van der Waals surface area contributed by atoms with Crippen LogP contribution in [0.1, 0.15) is 40.5 Å². The van der Waals surface area contributed by atoms with Gasteiger partial charge in [-0.15, -0.1) is 5.10 Å². The number of pyridine rings is 1. The molecule has 0 bridgehead atoms. The summed E-state index contributed by atoms with van der Waals surface area (Å²) in [4.78, 5) is 17.3. The lowest BCUT2D eigenvalue weighted by atomic mass is 9.92. The first-order chi connectivity index (χ1) is 13.8. The maximum Gasteiger partial charge on any atom is 0.257 e. The zero-order chi connectivity index (χ0) is 18.9. The molecule has 1 atom stereocenters. The van der Waals surface area contributed by atoms with Gasteiger partial charge in [-0.3, -0.25) is 9.89 Å². The van der Waals surface area contributed by atoms with Crippen LogP contribution >= 0.6 is 0 Å². The highest BCUT2D eigenvalue weighted by atomic mass is 16.1. The van der Waals surface area contributed by atoms with Crippen molar-refractivity contribution in [3.8, 4) is 11.6 Å². The second kappa shape index (κ2) is 6.68. The van der Waals surface area contributed by atoms with Gasteiger partial charge in [-0.2, -0.15) is 14.9 Å². The van der Waals surface area contributed by atoms with Crippen LogP contribution in [0.15, 0.2) is 43.1 Å². The first-order valence-electron chi connectivity index (χ1n) is 8.87. The van der Waals surface area contributed by atoms with Gasteiger partial charge in [-0.25, -0.2) is 9.67 Å². The van der Waals surface area contributed by atoms with Gasteiger partial charge >= 0.3 is 0 Å². The lowest BCUT2D eigenvalue weighted by Gasteiger charge is -2.24. The van der Waals surface area contributed by atoms with E-state index in [-0.39, 0.29) is 11.9 Å². The van der Waals surface area contributed by atoms with Gasteiger partial charge in [-0.05, 0) is 41.8 Å². The number of aromatic amines is 1. The highest BCUT2D eigenvalue weighted by Crippen LogP contribution is 2.31. The third kappa shape index (κ3) is 2.73. The summed E-state index contributed by atoms with van der Waals surface area (Å²) < 4.78 is 3.21. The number of H-pyrrole nitrogens is 1.